The van der Waals surface area contributed by atoms with Crippen molar-refractivity contribution in [2.45, 2.75) is 19.4 Å². The van der Waals surface area contributed by atoms with Crippen LogP contribution in [0, 0.1) is 6.92 Å². The van der Waals surface area contributed by atoms with Gasteiger partial charge in [-0.15, -0.1) is 0 Å². The van der Waals surface area contributed by atoms with Crippen LogP contribution < -0.4 is 5.73 Å². The molecular weight excluding hydrogens is 182 g/mol. The molecule has 0 aromatic carbocycles. The molecule has 1 aromatic heterocycles. The zero-order chi connectivity index (χ0) is 10.7. The van der Waals surface area contributed by atoms with Crippen LogP contribution in [0.1, 0.15) is 23.7 Å². The maximum atomic E-state index is 11.0. The fourth-order valence-electron chi connectivity index (χ4n) is 1.35. The molecule has 0 aliphatic rings. The second-order valence-corrected chi connectivity index (χ2v) is 3.23. The number of hydrogen-bond acceptors (Lipinski definition) is 4. The number of aryl methyl sites for hydroxylation is 2. The molecule has 0 spiro atoms. The molecule has 1 unspecified atom stereocenters. The average molecular weight is 197 g/mol. The van der Waals surface area contributed by atoms with Crippen LogP contribution in [-0.4, -0.2) is 22.9 Å². The van der Waals surface area contributed by atoms with Gasteiger partial charge >= 0.3 is 5.97 Å². The van der Waals surface area contributed by atoms with Crippen LogP contribution >= 0.6 is 0 Å². The molecule has 0 radical (unpaired) electrons. The van der Waals surface area contributed by atoms with Crippen molar-refractivity contribution < 1.29 is 9.53 Å². The first-order valence-corrected chi connectivity index (χ1v) is 4.37. The molecule has 1 rings (SSSR count). The molecule has 2 N–H and O–H groups in total. The Hall–Kier alpha value is -1.36. The molecule has 1 atom stereocenters. The third kappa shape index (κ3) is 2.32. The number of nitrogens with zero attached hydrogens (tertiary/aromatic N) is 2. The maximum absolute atomic E-state index is 11.0. The van der Waals surface area contributed by atoms with Crippen molar-refractivity contribution in [1.29, 1.82) is 0 Å². The van der Waals surface area contributed by atoms with Gasteiger partial charge in [0, 0.05) is 24.8 Å². The normalized spacial score (nSPS) is 12.6. The Labute approximate surface area is 82.8 Å². The first-order chi connectivity index (χ1) is 6.54. The highest BCUT2D eigenvalue weighted by Crippen LogP contribution is 2.17. The zero-order valence-electron chi connectivity index (χ0n) is 8.65. The molecule has 0 amide bonds. The minimum atomic E-state index is -0.337. The Morgan fingerprint density at radius 2 is 2.43 bits per heavy atom. The fourth-order valence-corrected chi connectivity index (χ4v) is 1.35. The number of methoxy groups -OCH3 is 1. The van der Waals surface area contributed by atoms with E-state index in [1.54, 1.807) is 4.68 Å². The highest BCUT2D eigenvalue weighted by atomic mass is 16.5. The van der Waals surface area contributed by atoms with E-state index in [1.807, 2.05) is 20.2 Å². The molecule has 5 nitrogen and oxygen atoms in total. The molecule has 0 aliphatic heterocycles. The number of esters is 1. The maximum Gasteiger partial charge on any atom is 0.307 e. The smallest absolute Gasteiger partial charge is 0.307 e. The van der Waals surface area contributed by atoms with Crippen LogP contribution in [0.2, 0.25) is 0 Å². The number of nitrogens with two attached hydrogens (primary N) is 1. The number of carbonyl (C=O) groups is 1. The molecule has 78 valence electrons. The first-order valence-electron chi connectivity index (χ1n) is 4.37. The standard InChI is InChI=1S/C9H15N3O2/c1-6-7(5-12(2)11-6)8(10)4-9(13)14-3/h5,8H,4,10H2,1-3H3. The third-order valence-electron chi connectivity index (χ3n) is 2.07. The van der Waals surface area contributed by atoms with Gasteiger partial charge in [-0.3, -0.25) is 9.48 Å². The molecule has 5 heteroatoms. The Morgan fingerprint density at radius 1 is 1.79 bits per heavy atom. The van der Waals surface area contributed by atoms with Gasteiger partial charge in [0.15, 0.2) is 0 Å². The Morgan fingerprint density at radius 3 is 2.86 bits per heavy atom. The monoisotopic (exact) mass is 197 g/mol. The molecule has 0 saturated heterocycles. The van der Waals surface area contributed by atoms with Gasteiger partial charge < -0.3 is 10.5 Å². The molecule has 0 aliphatic carbocycles. The fraction of sp³-hybridized carbons (Fsp3) is 0.556. The summed E-state index contributed by atoms with van der Waals surface area (Å²) in [5.41, 5.74) is 7.57. The van der Waals surface area contributed by atoms with Crippen molar-refractivity contribution in [3.8, 4) is 0 Å². The van der Waals surface area contributed by atoms with E-state index < -0.39 is 0 Å². The highest BCUT2D eigenvalue weighted by molar-refractivity contribution is 5.70. The van der Waals surface area contributed by atoms with Gasteiger partial charge in [0.1, 0.15) is 0 Å². The Balaban J connectivity index is 2.73. The molecule has 14 heavy (non-hydrogen) atoms. The van der Waals surface area contributed by atoms with E-state index in [4.69, 9.17) is 5.73 Å². The molecule has 0 bridgehead atoms. The van der Waals surface area contributed by atoms with E-state index in [-0.39, 0.29) is 18.4 Å². The minimum absolute atomic E-state index is 0.184. The highest BCUT2D eigenvalue weighted by Gasteiger charge is 2.15. The lowest BCUT2D eigenvalue weighted by Crippen LogP contribution is -2.16. The van der Waals surface area contributed by atoms with Crippen molar-refractivity contribution in [2.75, 3.05) is 7.11 Å². The lowest BCUT2D eigenvalue weighted by atomic mass is 10.1. The summed E-state index contributed by atoms with van der Waals surface area (Å²) in [6.45, 7) is 1.87. The van der Waals surface area contributed by atoms with Crippen LogP contribution in [0.5, 0.6) is 0 Å². The van der Waals surface area contributed by atoms with Crippen molar-refractivity contribution in [3.05, 3.63) is 17.5 Å². The lowest BCUT2D eigenvalue weighted by Gasteiger charge is -2.08. The molecule has 1 heterocycles. The quantitative estimate of drug-likeness (QED) is 0.707. The van der Waals surface area contributed by atoms with Gasteiger partial charge in [0.05, 0.1) is 19.2 Å². The number of aromatic nitrogens is 2. The van der Waals surface area contributed by atoms with Gasteiger partial charge in [-0.2, -0.15) is 5.10 Å². The summed E-state index contributed by atoms with van der Waals surface area (Å²) in [4.78, 5) is 11.0. The summed E-state index contributed by atoms with van der Waals surface area (Å²) >= 11 is 0. The second kappa shape index (κ2) is 4.23. The van der Waals surface area contributed by atoms with Crippen LogP contribution in [0.4, 0.5) is 0 Å². The second-order valence-electron chi connectivity index (χ2n) is 3.23. The largest absolute Gasteiger partial charge is 0.469 e. The van der Waals surface area contributed by atoms with Gasteiger partial charge in [-0.1, -0.05) is 0 Å². The van der Waals surface area contributed by atoms with Crippen molar-refractivity contribution in [2.24, 2.45) is 12.8 Å². The summed E-state index contributed by atoms with van der Waals surface area (Å²) in [5, 5.41) is 4.15. The molecule has 0 fully saturated rings. The zero-order valence-corrected chi connectivity index (χ0v) is 8.65. The molecule has 1 aromatic rings. The molecule has 0 saturated carbocycles. The van der Waals surface area contributed by atoms with Gasteiger partial charge in [-0.05, 0) is 6.92 Å². The van der Waals surface area contributed by atoms with Crippen LogP contribution in [0.25, 0.3) is 0 Å². The average Bonchev–Trinajstić information content (AvgIpc) is 2.45. The third-order valence-corrected chi connectivity index (χ3v) is 2.07. The predicted molar refractivity (Wildman–Crippen MR) is 51.5 cm³/mol. The van der Waals surface area contributed by atoms with Crippen LogP contribution in [0.3, 0.4) is 0 Å². The van der Waals surface area contributed by atoms with E-state index in [9.17, 15) is 4.79 Å². The van der Waals surface area contributed by atoms with Crippen molar-refractivity contribution >= 4 is 5.97 Å². The van der Waals surface area contributed by atoms with E-state index in [0.29, 0.717) is 0 Å². The minimum Gasteiger partial charge on any atom is -0.469 e. The Kier molecular flexibility index (Phi) is 3.24. The van der Waals surface area contributed by atoms with Crippen molar-refractivity contribution in [1.82, 2.24) is 9.78 Å². The summed E-state index contributed by atoms with van der Waals surface area (Å²) in [7, 11) is 3.17. The summed E-state index contributed by atoms with van der Waals surface area (Å²) in [6, 6.07) is -0.337. The SMILES string of the molecule is COC(=O)CC(N)c1cn(C)nc1C. The topological polar surface area (TPSA) is 70.1 Å². The number of ether oxygens (including phenoxy) is 1. The van der Waals surface area contributed by atoms with E-state index >= 15 is 0 Å². The predicted octanol–water partition coefficient (Wildman–Crippen LogP) is 0.291. The number of rotatable bonds is 3. The summed E-state index contributed by atoms with van der Waals surface area (Å²) in [5.74, 6) is -0.305. The number of hydrogen-bond donors (Lipinski definition) is 1. The summed E-state index contributed by atoms with van der Waals surface area (Å²) < 4.78 is 6.23. The van der Waals surface area contributed by atoms with Crippen molar-refractivity contribution in [3.63, 3.8) is 0 Å². The number of carbonyl (C=O) groups excluding carboxylic acids is 1. The van der Waals surface area contributed by atoms with Gasteiger partial charge in [0.2, 0.25) is 0 Å². The van der Waals surface area contributed by atoms with E-state index in [2.05, 4.69) is 9.84 Å². The van der Waals surface area contributed by atoms with E-state index in [0.717, 1.165) is 11.3 Å². The lowest BCUT2D eigenvalue weighted by molar-refractivity contribution is -0.141. The van der Waals surface area contributed by atoms with Crippen LogP contribution in [0.15, 0.2) is 6.20 Å². The molecular formula is C9H15N3O2. The first kappa shape index (κ1) is 10.7. The van der Waals surface area contributed by atoms with Gasteiger partial charge in [0.25, 0.3) is 0 Å². The van der Waals surface area contributed by atoms with E-state index in [1.165, 1.54) is 7.11 Å². The summed E-state index contributed by atoms with van der Waals surface area (Å²) in [6.07, 6.45) is 2.01. The van der Waals surface area contributed by atoms with Crippen LogP contribution in [-0.2, 0) is 16.6 Å². The Bertz CT molecular complexity index is 333. The van der Waals surface area contributed by atoms with Gasteiger partial charge in [-0.25, -0.2) is 0 Å².